The molecule has 0 saturated heterocycles. The molecule has 0 aliphatic rings. The zero-order chi connectivity index (χ0) is 22.2. The molecule has 9 heteroatoms. The Kier molecular flexibility index (Phi) is 7.55. The molecule has 1 aromatic heterocycles. The second kappa shape index (κ2) is 10.5. The summed E-state index contributed by atoms with van der Waals surface area (Å²) < 4.78 is 18.2. The van der Waals surface area contributed by atoms with E-state index < -0.39 is 0 Å². The number of benzene rings is 2. The maximum atomic E-state index is 9.45. The molecule has 2 aromatic carbocycles. The van der Waals surface area contributed by atoms with E-state index in [0.29, 0.717) is 46.2 Å². The van der Waals surface area contributed by atoms with Crippen LogP contribution in [0.1, 0.15) is 5.56 Å². The minimum absolute atomic E-state index is 0.422. The first-order valence-corrected chi connectivity index (χ1v) is 10.4. The first-order valence-electron chi connectivity index (χ1n) is 9.40. The molecule has 0 amide bonds. The molecule has 162 valence electrons. The lowest BCUT2D eigenvalue weighted by Gasteiger charge is -2.14. The van der Waals surface area contributed by atoms with Gasteiger partial charge < -0.3 is 19.4 Å². The summed E-state index contributed by atoms with van der Waals surface area (Å²) in [7, 11) is 4.69. The number of methoxy groups -OCH3 is 3. The van der Waals surface area contributed by atoms with Crippen LogP contribution in [0.3, 0.4) is 0 Å². The number of ether oxygens (including phenoxy) is 3. The van der Waals surface area contributed by atoms with Crippen LogP contribution in [0.5, 0.6) is 17.2 Å². The van der Waals surface area contributed by atoms with Crippen LogP contribution in [0.4, 0.5) is 0 Å². The fourth-order valence-electron chi connectivity index (χ4n) is 3.05. The molecule has 1 N–H and O–H groups in total. The Morgan fingerprint density at radius 3 is 2.32 bits per heavy atom. The van der Waals surface area contributed by atoms with Gasteiger partial charge in [-0.25, -0.2) is 0 Å². The molecule has 0 saturated carbocycles. The van der Waals surface area contributed by atoms with Crippen molar-refractivity contribution in [2.75, 3.05) is 27.1 Å². The SMILES string of the molecule is C=CCn1c(SC/C(=N\O)c2ccccc2)nnc1-c1cc(OC)c(OC)c(OC)c1. The molecule has 8 nitrogen and oxygen atoms in total. The molecule has 31 heavy (non-hydrogen) atoms. The van der Waals surface area contributed by atoms with Crippen LogP contribution in [-0.2, 0) is 6.54 Å². The summed E-state index contributed by atoms with van der Waals surface area (Å²) in [6.45, 7) is 4.34. The highest BCUT2D eigenvalue weighted by atomic mass is 32.2. The third kappa shape index (κ3) is 4.83. The highest BCUT2D eigenvalue weighted by molar-refractivity contribution is 7.99. The number of allylic oxidation sites excluding steroid dienone is 1. The van der Waals surface area contributed by atoms with Gasteiger partial charge in [-0.1, -0.05) is 53.3 Å². The molecular weight excluding hydrogens is 416 g/mol. The molecule has 0 radical (unpaired) electrons. The molecule has 0 aliphatic carbocycles. The summed E-state index contributed by atoms with van der Waals surface area (Å²) in [6, 6.07) is 13.1. The van der Waals surface area contributed by atoms with Gasteiger partial charge in [0.15, 0.2) is 22.5 Å². The molecule has 0 unspecified atom stereocenters. The summed E-state index contributed by atoms with van der Waals surface area (Å²) in [6.07, 6.45) is 1.77. The monoisotopic (exact) mass is 440 g/mol. The number of aromatic nitrogens is 3. The van der Waals surface area contributed by atoms with E-state index in [1.165, 1.54) is 11.8 Å². The predicted molar refractivity (Wildman–Crippen MR) is 121 cm³/mol. The van der Waals surface area contributed by atoms with Gasteiger partial charge >= 0.3 is 0 Å². The third-order valence-electron chi connectivity index (χ3n) is 4.52. The number of nitrogens with zero attached hydrogens (tertiary/aromatic N) is 4. The number of hydrogen-bond acceptors (Lipinski definition) is 8. The Bertz CT molecular complexity index is 1040. The second-order valence-corrected chi connectivity index (χ2v) is 7.26. The van der Waals surface area contributed by atoms with Crippen molar-refractivity contribution in [2.45, 2.75) is 11.7 Å². The van der Waals surface area contributed by atoms with Gasteiger partial charge in [-0.05, 0) is 12.1 Å². The largest absolute Gasteiger partial charge is 0.493 e. The smallest absolute Gasteiger partial charge is 0.203 e. The van der Waals surface area contributed by atoms with E-state index in [1.807, 2.05) is 47.0 Å². The quantitative estimate of drug-likeness (QED) is 0.167. The van der Waals surface area contributed by atoms with E-state index in [-0.39, 0.29) is 0 Å². The number of rotatable bonds is 10. The van der Waals surface area contributed by atoms with E-state index in [2.05, 4.69) is 21.9 Å². The van der Waals surface area contributed by atoms with Gasteiger partial charge in [0.05, 0.1) is 27.0 Å². The molecule has 0 spiro atoms. The molecule has 0 aliphatic heterocycles. The van der Waals surface area contributed by atoms with Crippen molar-refractivity contribution >= 4 is 17.5 Å². The highest BCUT2D eigenvalue weighted by Crippen LogP contribution is 2.41. The van der Waals surface area contributed by atoms with Gasteiger partial charge in [0.1, 0.15) is 0 Å². The Balaban J connectivity index is 1.95. The molecule has 1 heterocycles. The van der Waals surface area contributed by atoms with Crippen LogP contribution in [-0.4, -0.2) is 52.8 Å². The Hall–Kier alpha value is -3.46. The Labute approximate surface area is 185 Å². The second-order valence-electron chi connectivity index (χ2n) is 6.32. The van der Waals surface area contributed by atoms with Crippen molar-refractivity contribution < 1.29 is 19.4 Å². The number of oxime groups is 1. The first kappa shape index (κ1) is 22.2. The maximum absolute atomic E-state index is 9.45. The van der Waals surface area contributed by atoms with E-state index in [9.17, 15) is 5.21 Å². The minimum Gasteiger partial charge on any atom is -0.493 e. The Morgan fingerprint density at radius 2 is 1.77 bits per heavy atom. The summed E-state index contributed by atoms with van der Waals surface area (Å²) in [5.41, 5.74) is 2.15. The van der Waals surface area contributed by atoms with E-state index in [1.54, 1.807) is 27.4 Å². The van der Waals surface area contributed by atoms with Crippen molar-refractivity contribution in [3.05, 3.63) is 60.7 Å². The van der Waals surface area contributed by atoms with E-state index >= 15 is 0 Å². The van der Waals surface area contributed by atoms with Crippen molar-refractivity contribution in [2.24, 2.45) is 5.16 Å². The molecular formula is C22H24N4O4S. The van der Waals surface area contributed by atoms with Crippen LogP contribution in [0.25, 0.3) is 11.4 Å². The van der Waals surface area contributed by atoms with Crippen molar-refractivity contribution in [3.8, 4) is 28.6 Å². The maximum Gasteiger partial charge on any atom is 0.203 e. The summed E-state index contributed by atoms with van der Waals surface area (Å²) in [5.74, 6) is 2.61. The predicted octanol–water partition coefficient (Wildman–Crippen LogP) is 4.13. The normalized spacial score (nSPS) is 11.3. The van der Waals surface area contributed by atoms with Crippen LogP contribution >= 0.6 is 11.8 Å². The standard InChI is InChI=1S/C22H24N4O4S/c1-5-11-26-21(16-12-18(28-2)20(30-4)19(13-16)29-3)23-24-22(26)31-14-17(25-27)15-9-7-6-8-10-15/h5-10,12-13,27H,1,11,14H2,2-4H3/b25-17+. The molecule has 3 rings (SSSR count). The van der Waals surface area contributed by atoms with Gasteiger partial charge in [0.25, 0.3) is 0 Å². The van der Waals surface area contributed by atoms with Crippen molar-refractivity contribution in [1.82, 2.24) is 14.8 Å². The van der Waals surface area contributed by atoms with E-state index in [4.69, 9.17) is 14.2 Å². The van der Waals surface area contributed by atoms with Gasteiger partial charge in [-0.15, -0.1) is 16.8 Å². The summed E-state index contributed by atoms with van der Waals surface area (Å²) in [5, 5.41) is 22.3. The first-order chi connectivity index (χ1) is 15.2. The van der Waals surface area contributed by atoms with Crippen molar-refractivity contribution in [3.63, 3.8) is 0 Å². The lowest BCUT2D eigenvalue weighted by atomic mass is 10.1. The van der Waals surface area contributed by atoms with Gasteiger partial charge in [-0.2, -0.15) is 0 Å². The van der Waals surface area contributed by atoms with Crippen LogP contribution in [0.15, 0.2) is 65.4 Å². The molecule has 3 aromatic rings. The highest BCUT2D eigenvalue weighted by Gasteiger charge is 2.20. The van der Waals surface area contributed by atoms with Gasteiger partial charge in [0, 0.05) is 23.4 Å². The summed E-state index contributed by atoms with van der Waals surface area (Å²) >= 11 is 1.42. The fourth-order valence-corrected chi connectivity index (χ4v) is 3.95. The van der Waals surface area contributed by atoms with Crippen LogP contribution < -0.4 is 14.2 Å². The lowest BCUT2D eigenvalue weighted by molar-refractivity contribution is 0.319. The zero-order valence-electron chi connectivity index (χ0n) is 17.6. The Morgan fingerprint density at radius 1 is 1.10 bits per heavy atom. The topological polar surface area (TPSA) is 91.0 Å². The van der Waals surface area contributed by atoms with Crippen LogP contribution in [0, 0.1) is 0 Å². The number of thioether (sulfide) groups is 1. The third-order valence-corrected chi connectivity index (χ3v) is 5.50. The van der Waals surface area contributed by atoms with Crippen molar-refractivity contribution in [1.29, 1.82) is 0 Å². The fraction of sp³-hybridized carbons (Fsp3) is 0.227. The molecule has 0 fully saturated rings. The molecule has 0 bridgehead atoms. The van der Waals surface area contributed by atoms with E-state index in [0.717, 1.165) is 11.1 Å². The summed E-state index contributed by atoms with van der Waals surface area (Å²) in [4.78, 5) is 0. The average Bonchev–Trinajstić information content (AvgIpc) is 3.21. The minimum atomic E-state index is 0.422. The van der Waals surface area contributed by atoms with Crippen LogP contribution in [0.2, 0.25) is 0 Å². The molecule has 0 atom stereocenters. The average molecular weight is 441 g/mol. The number of hydrogen-bond donors (Lipinski definition) is 1. The van der Waals surface area contributed by atoms with Gasteiger partial charge in [-0.3, -0.25) is 4.57 Å². The zero-order valence-corrected chi connectivity index (χ0v) is 18.4. The lowest BCUT2D eigenvalue weighted by Crippen LogP contribution is -2.07. The van der Waals surface area contributed by atoms with Gasteiger partial charge in [0.2, 0.25) is 5.75 Å².